The van der Waals surface area contributed by atoms with Gasteiger partial charge >= 0.3 is 5.97 Å². The van der Waals surface area contributed by atoms with Gasteiger partial charge in [0.15, 0.2) is 16.4 Å². The summed E-state index contributed by atoms with van der Waals surface area (Å²) < 4.78 is 60.7. The number of nitrogens with one attached hydrogen (secondary N) is 1. The number of ether oxygens (including phenoxy) is 2. The Morgan fingerprint density at radius 3 is 2.44 bits per heavy atom. The summed E-state index contributed by atoms with van der Waals surface area (Å²) in [6.45, 7) is 3.04. The third-order valence-electron chi connectivity index (χ3n) is 5.12. The monoisotopic (exact) mass is 490 g/mol. The zero-order valence-electron chi connectivity index (χ0n) is 18.4. The first-order chi connectivity index (χ1) is 15.0. The van der Waals surface area contributed by atoms with E-state index in [1.165, 1.54) is 43.2 Å². The van der Waals surface area contributed by atoms with Crippen LogP contribution >= 0.6 is 0 Å². The smallest absolute Gasteiger partial charge is 0.324 e. The maximum absolute atomic E-state index is 12.6. The first-order valence-electron chi connectivity index (χ1n) is 10.3. The van der Waals surface area contributed by atoms with Crippen molar-refractivity contribution in [3.8, 4) is 5.75 Å². The van der Waals surface area contributed by atoms with Gasteiger partial charge in [-0.15, -0.1) is 0 Å². The molecule has 1 aliphatic rings. The molecule has 0 radical (unpaired) electrons. The lowest BCUT2D eigenvalue weighted by molar-refractivity contribution is -0.153. The number of unbranched alkanes of at least 4 members (excludes halogenated alkanes) is 1. The number of methoxy groups -OCH3 is 1. The molecule has 0 spiro atoms. The van der Waals surface area contributed by atoms with Gasteiger partial charge in [0.25, 0.3) is 5.91 Å². The molecule has 10 nitrogen and oxygen atoms in total. The van der Waals surface area contributed by atoms with Gasteiger partial charge in [0.1, 0.15) is 11.8 Å². The predicted octanol–water partition coefficient (Wildman–Crippen LogP) is 0.721. The van der Waals surface area contributed by atoms with E-state index in [2.05, 4.69) is 4.72 Å². The Bertz CT molecular complexity index is 1010. The fourth-order valence-corrected chi connectivity index (χ4v) is 6.23. The molecule has 2 atom stereocenters. The highest BCUT2D eigenvalue weighted by molar-refractivity contribution is 7.91. The van der Waals surface area contributed by atoms with Crippen LogP contribution in [0.4, 0.5) is 0 Å². The van der Waals surface area contributed by atoms with Crippen molar-refractivity contribution >= 4 is 31.7 Å². The van der Waals surface area contributed by atoms with Crippen LogP contribution < -0.4 is 9.46 Å². The third kappa shape index (κ3) is 7.17. The number of carbonyl (C=O) groups excluding carboxylic acids is 2. The number of amides is 1. The maximum atomic E-state index is 12.6. The van der Waals surface area contributed by atoms with Gasteiger partial charge in [0.05, 0.1) is 23.5 Å². The summed E-state index contributed by atoms with van der Waals surface area (Å²) in [5.41, 5.74) is 0. The largest absolute Gasteiger partial charge is 0.497 e. The van der Waals surface area contributed by atoms with E-state index in [1.54, 1.807) is 0 Å². The molecule has 32 heavy (non-hydrogen) atoms. The summed E-state index contributed by atoms with van der Waals surface area (Å²) in [6, 6.07) is 3.96. The standard InChI is InChI=1S/C20H30N2O8S2/c1-4-5-11-22(16-10-12-31(25,26)14-16)19(23)13-30-20(24)15(2)21-32(27,28)18-8-6-17(29-3)7-9-18/h6-9,15-16,21H,4-5,10-14H2,1-3H3/t15-,16?/m0/s1. The van der Waals surface area contributed by atoms with Crippen molar-refractivity contribution in [2.75, 3.05) is 31.8 Å². The number of hydrogen-bond donors (Lipinski definition) is 1. The number of carbonyl (C=O) groups is 2. The number of sulfonamides is 1. The number of sulfone groups is 1. The third-order valence-corrected chi connectivity index (χ3v) is 8.42. The van der Waals surface area contributed by atoms with E-state index >= 15 is 0 Å². The molecule has 1 N–H and O–H groups in total. The van der Waals surface area contributed by atoms with E-state index in [1.807, 2.05) is 6.92 Å². The molecular weight excluding hydrogens is 460 g/mol. The van der Waals surface area contributed by atoms with E-state index in [9.17, 15) is 26.4 Å². The van der Waals surface area contributed by atoms with Crippen LogP contribution in [-0.2, 0) is 34.2 Å². The molecule has 1 aliphatic heterocycles. The fraction of sp³-hybridized carbons (Fsp3) is 0.600. The van der Waals surface area contributed by atoms with E-state index in [-0.39, 0.29) is 16.4 Å². The molecule has 1 fully saturated rings. The van der Waals surface area contributed by atoms with E-state index in [0.29, 0.717) is 25.1 Å². The number of rotatable bonds is 11. The van der Waals surface area contributed by atoms with Crippen LogP contribution in [0.3, 0.4) is 0 Å². The molecule has 180 valence electrons. The van der Waals surface area contributed by atoms with Crippen molar-refractivity contribution in [1.29, 1.82) is 0 Å². The van der Waals surface area contributed by atoms with Gasteiger partial charge in [0.2, 0.25) is 10.0 Å². The summed E-state index contributed by atoms with van der Waals surface area (Å²) in [5.74, 6) is -1.01. The fourth-order valence-electron chi connectivity index (χ4n) is 3.31. The van der Waals surface area contributed by atoms with E-state index in [0.717, 1.165) is 6.42 Å². The van der Waals surface area contributed by atoms with Crippen LogP contribution in [0.25, 0.3) is 0 Å². The lowest BCUT2D eigenvalue weighted by atomic mass is 10.2. The van der Waals surface area contributed by atoms with Crippen LogP contribution in [0.5, 0.6) is 5.75 Å². The van der Waals surface area contributed by atoms with Gasteiger partial charge < -0.3 is 14.4 Å². The average molecular weight is 491 g/mol. The van der Waals surface area contributed by atoms with E-state index < -0.39 is 50.4 Å². The minimum absolute atomic E-state index is 0.0253. The summed E-state index contributed by atoms with van der Waals surface area (Å²) in [7, 11) is -5.72. The minimum atomic E-state index is -3.99. The van der Waals surface area contributed by atoms with Crippen molar-refractivity contribution < 1.29 is 35.9 Å². The Morgan fingerprint density at radius 1 is 1.25 bits per heavy atom. The van der Waals surface area contributed by atoms with Gasteiger partial charge in [0, 0.05) is 12.6 Å². The maximum Gasteiger partial charge on any atom is 0.324 e. The molecule has 0 bridgehead atoms. The zero-order valence-corrected chi connectivity index (χ0v) is 20.1. The second-order valence-corrected chi connectivity index (χ2v) is 11.6. The zero-order chi connectivity index (χ0) is 23.9. The molecule has 1 aromatic rings. The number of hydrogen-bond acceptors (Lipinski definition) is 8. The SMILES string of the molecule is CCCCN(C(=O)COC(=O)[C@H](C)NS(=O)(=O)c1ccc(OC)cc1)C1CCS(=O)(=O)C1. The number of esters is 1. The molecule has 0 saturated carbocycles. The molecule has 0 aromatic heterocycles. The first-order valence-corrected chi connectivity index (χ1v) is 13.6. The second kappa shape index (κ2) is 11.1. The number of benzene rings is 1. The van der Waals surface area contributed by atoms with Crippen molar-refractivity contribution in [3.63, 3.8) is 0 Å². The molecule has 1 unspecified atom stereocenters. The number of nitrogens with zero attached hydrogens (tertiary/aromatic N) is 1. The van der Waals surface area contributed by atoms with Gasteiger partial charge in [-0.25, -0.2) is 16.8 Å². The Hall–Kier alpha value is -2.18. The van der Waals surface area contributed by atoms with Crippen LogP contribution in [0.2, 0.25) is 0 Å². The molecule has 0 aliphatic carbocycles. The second-order valence-electron chi connectivity index (χ2n) is 7.62. The van der Waals surface area contributed by atoms with Crippen molar-refractivity contribution in [2.45, 2.75) is 50.1 Å². The van der Waals surface area contributed by atoms with Crippen LogP contribution in [-0.4, -0.2) is 77.5 Å². The molecule has 1 amide bonds. The molecule has 1 heterocycles. The Balaban J connectivity index is 1.95. The summed E-state index contributed by atoms with van der Waals surface area (Å²) in [6.07, 6.45) is 1.85. The van der Waals surface area contributed by atoms with Crippen LogP contribution in [0, 0.1) is 0 Å². The molecule has 12 heteroatoms. The Morgan fingerprint density at radius 2 is 1.91 bits per heavy atom. The van der Waals surface area contributed by atoms with Gasteiger partial charge in [-0.1, -0.05) is 13.3 Å². The lowest BCUT2D eigenvalue weighted by Crippen LogP contribution is -2.45. The highest BCUT2D eigenvalue weighted by atomic mass is 32.2. The molecule has 2 rings (SSSR count). The van der Waals surface area contributed by atoms with Crippen molar-refractivity contribution in [1.82, 2.24) is 9.62 Å². The van der Waals surface area contributed by atoms with Gasteiger partial charge in [-0.2, -0.15) is 4.72 Å². The van der Waals surface area contributed by atoms with Crippen molar-refractivity contribution in [3.05, 3.63) is 24.3 Å². The predicted molar refractivity (Wildman–Crippen MR) is 117 cm³/mol. The molecule has 1 aromatic carbocycles. The topological polar surface area (TPSA) is 136 Å². The lowest BCUT2D eigenvalue weighted by Gasteiger charge is -2.28. The minimum Gasteiger partial charge on any atom is -0.497 e. The Kier molecular flexibility index (Phi) is 9.05. The van der Waals surface area contributed by atoms with Crippen molar-refractivity contribution in [2.24, 2.45) is 0 Å². The quantitative estimate of drug-likeness (QED) is 0.448. The molecular formula is C20H30N2O8S2. The van der Waals surface area contributed by atoms with Crippen LogP contribution in [0.1, 0.15) is 33.1 Å². The van der Waals surface area contributed by atoms with Gasteiger partial charge in [-0.05, 0) is 44.0 Å². The summed E-state index contributed by atoms with van der Waals surface area (Å²) in [4.78, 5) is 26.3. The highest BCUT2D eigenvalue weighted by Gasteiger charge is 2.35. The van der Waals surface area contributed by atoms with Gasteiger partial charge in [-0.3, -0.25) is 9.59 Å². The first kappa shape index (κ1) is 26.1. The van der Waals surface area contributed by atoms with Crippen LogP contribution in [0.15, 0.2) is 29.2 Å². The van der Waals surface area contributed by atoms with E-state index in [4.69, 9.17) is 9.47 Å². The Labute approximate surface area is 189 Å². The highest BCUT2D eigenvalue weighted by Crippen LogP contribution is 2.19. The normalized spacial score (nSPS) is 18.7. The summed E-state index contributed by atoms with van der Waals surface area (Å²) in [5, 5.41) is 0. The molecule has 1 saturated heterocycles. The average Bonchev–Trinajstić information content (AvgIpc) is 3.11. The summed E-state index contributed by atoms with van der Waals surface area (Å²) >= 11 is 0.